The van der Waals surface area contributed by atoms with Crippen LogP contribution in [-0.4, -0.2) is 54.6 Å². The Bertz CT molecular complexity index is 746. The first-order chi connectivity index (χ1) is 12.1. The minimum atomic E-state index is -0.327. The third-order valence-corrected chi connectivity index (χ3v) is 4.48. The highest BCUT2D eigenvalue weighted by Gasteiger charge is 2.28. The molecule has 1 amide bonds. The number of halogens is 1. The van der Waals surface area contributed by atoms with Gasteiger partial charge in [-0.3, -0.25) is 4.79 Å². The maximum Gasteiger partial charge on any atom is 0.224 e. The van der Waals surface area contributed by atoms with Gasteiger partial charge in [0, 0.05) is 23.2 Å². The molecule has 1 aliphatic heterocycles. The minimum Gasteiger partial charge on any atom is -0.394 e. The summed E-state index contributed by atoms with van der Waals surface area (Å²) < 4.78 is 24.6. The summed E-state index contributed by atoms with van der Waals surface area (Å²) in [5.41, 5.74) is 2.45. The summed E-state index contributed by atoms with van der Waals surface area (Å²) in [6, 6.07) is 4.26. The molecule has 25 heavy (non-hydrogen) atoms. The van der Waals surface area contributed by atoms with Gasteiger partial charge in [-0.1, -0.05) is 0 Å². The molecular weight excluding hydrogens is 327 g/mol. The van der Waals surface area contributed by atoms with Gasteiger partial charge in [0.15, 0.2) is 0 Å². The number of ether oxygens (including phenoxy) is 2. The van der Waals surface area contributed by atoms with Crippen LogP contribution in [0.2, 0.25) is 0 Å². The van der Waals surface area contributed by atoms with E-state index in [9.17, 15) is 9.18 Å². The molecule has 2 atom stereocenters. The van der Waals surface area contributed by atoms with Gasteiger partial charge in [0.1, 0.15) is 5.82 Å². The minimum absolute atomic E-state index is 0.0574. The van der Waals surface area contributed by atoms with Crippen molar-refractivity contribution in [3.05, 3.63) is 35.3 Å². The maximum absolute atomic E-state index is 13.5. The molecule has 1 aromatic heterocycles. The standard InChI is InChI=1S/C18H23FN2O4/c1-11-13(14-8-12(19)2-3-15(14)20-11)9-18(23)21-16-10-24-6-4-17(16)25-7-5-22/h2-3,8,16-17,20,22H,4-7,9-10H2,1H3,(H,21,23)/t16-,17+/m1/s1. The zero-order valence-electron chi connectivity index (χ0n) is 14.2. The Balaban J connectivity index is 1.69. The lowest BCUT2D eigenvalue weighted by atomic mass is 10.0. The SMILES string of the molecule is Cc1[nH]c2ccc(F)cc2c1CC(=O)N[C@@H]1COCC[C@@H]1OCCO. The lowest BCUT2D eigenvalue weighted by Crippen LogP contribution is -2.51. The van der Waals surface area contributed by atoms with E-state index in [4.69, 9.17) is 14.6 Å². The number of rotatable bonds is 6. The monoisotopic (exact) mass is 350 g/mol. The van der Waals surface area contributed by atoms with Crippen molar-refractivity contribution in [1.29, 1.82) is 0 Å². The van der Waals surface area contributed by atoms with Crippen LogP contribution in [0.4, 0.5) is 4.39 Å². The van der Waals surface area contributed by atoms with Gasteiger partial charge >= 0.3 is 0 Å². The normalized spacial score (nSPS) is 20.8. The van der Waals surface area contributed by atoms with Crippen molar-refractivity contribution >= 4 is 16.8 Å². The van der Waals surface area contributed by atoms with Crippen molar-refractivity contribution < 1.29 is 23.8 Å². The Labute approximate surface area is 145 Å². The number of amides is 1. The molecule has 1 saturated heterocycles. The number of hydrogen-bond acceptors (Lipinski definition) is 4. The fourth-order valence-corrected chi connectivity index (χ4v) is 3.26. The van der Waals surface area contributed by atoms with Gasteiger partial charge in [-0.25, -0.2) is 4.39 Å². The molecule has 1 aromatic carbocycles. The van der Waals surface area contributed by atoms with Gasteiger partial charge in [0.25, 0.3) is 0 Å². The second-order valence-electron chi connectivity index (χ2n) is 6.27. The second-order valence-corrected chi connectivity index (χ2v) is 6.27. The predicted molar refractivity (Wildman–Crippen MR) is 90.9 cm³/mol. The number of fused-ring (bicyclic) bond motifs is 1. The van der Waals surface area contributed by atoms with E-state index in [1.807, 2.05) is 6.92 Å². The van der Waals surface area contributed by atoms with Crippen molar-refractivity contribution in [2.24, 2.45) is 0 Å². The zero-order chi connectivity index (χ0) is 17.8. The third kappa shape index (κ3) is 4.18. The molecule has 1 aliphatic rings. The van der Waals surface area contributed by atoms with Gasteiger partial charge in [0.2, 0.25) is 5.91 Å². The lowest BCUT2D eigenvalue weighted by molar-refractivity contribution is -0.125. The molecule has 2 heterocycles. The van der Waals surface area contributed by atoms with Crippen LogP contribution in [0.25, 0.3) is 10.9 Å². The molecule has 7 heteroatoms. The fraction of sp³-hybridized carbons (Fsp3) is 0.500. The average molecular weight is 350 g/mol. The Morgan fingerprint density at radius 1 is 1.52 bits per heavy atom. The van der Waals surface area contributed by atoms with Gasteiger partial charge < -0.3 is 24.9 Å². The van der Waals surface area contributed by atoms with Crippen LogP contribution in [-0.2, 0) is 20.7 Å². The number of carbonyl (C=O) groups excluding carboxylic acids is 1. The van der Waals surface area contributed by atoms with E-state index < -0.39 is 0 Å². The number of H-pyrrole nitrogens is 1. The van der Waals surface area contributed by atoms with E-state index in [1.54, 1.807) is 6.07 Å². The number of nitrogens with one attached hydrogen (secondary N) is 2. The van der Waals surface area contributed by atoms with Crippen LogP contribution in [0, 0.1) is 12.7 Å². The van der Waals surface area contributed by atoms with Crippen LogP contribution in [0.3, 0.4) is 0 Å². The molecule has 0 unspecified atom stereocenters. The van der Waals surface area contributed by atoms with E-state index >= 15 is 0 Å². The third-order valence-electron chi connectivity index (χ3n) is 4.48. The first-order valence-corrected chi connectivity index (χ1v) is 8.44. The highest BCUT2D eigenvalue weighted by molar-refractivity contribution is 5.90. The van der Waals surface area contributed by atoms with Crippen molar-refractivity contribution in [2.75, 3.05) is 26.4 Å². The molecular formula is C18H23FN2O4. The molecule has 0 radical (unpaired) electrons. The number of hydrogen-bond donors (Lipinski definition) is 3. The molecule has 3 rings (SSSR count). The molecule has 1 fully saturated rings. The topological polar surface area (TPSA) is 83.6 Å². The second kappa shape index (κ2) is 7.95. The summed E-state index contributed by atoms with van der Waals surface area (Å²) in [4.78, 5) is 15.7. The van der Waals surface area contributed by atoms with E-state index in [2.05, 4.69) is 10.3 Å². The number of aromatic amines is 1. The molecule has 0 bridgehead atoms. The fourth-order valence-electron chi connectivity index (χ4n) is 3.26. The summed E-state index contributed by atoms with van der Waals surface area (Å²) in [5, 5.41) is 12.6. The smallest absolute Gasteiger partial charge is 0.224 e. The molecule has 3 N–H and O–H groups in total. The first kappa shape index (κ1) is 17.8. The van der Waals surface area contributed by atoms with Gasteiger partial charge in [-0.2, -0.15) is 0 Å². The zero-order valence-corrected chi connectivity index (χ0v) is 14.2. The number of aromatic nitrogens is 1. The molecule has 6 nitrogen and oxygen atoms in total. The predicted octanol–water partition coefficient (Wildman–Crippen LogP) is 1.44. The molecule has 136 valence electrons. The van der Waals surface area contributed by atoms with Gasteiger partial charge in [-0.05, 0) is 37.1 Å². The summed E-state index contributed by atoms with van der Waals surface area (Å²) in [5.74, 6) is -0.493. The quantitative estimate of drug-likeness (QED) is 0.736. The summed E-state index contributed by atoms with van der Waals surface area (Å²) in [7, 11) is 0. The Morgan fingerprint density at radius 2 is 2.36 bits per heavy atom. The highest BCUT2D eigenvalue weighted by Crippen LogP contribution is 2.23. The van der Waals surface area contributed by atoms with Crippen molar-refractivity contribution in [3.63, 3.8) is 0 Å². The highest BCUT2D eigenvalue weighted by atomic mass is 19.1. The first-order valence-electron chi connectivity index (χ1n) is 8.44. The van der Waals surface area contributed by atoms with Gasteiger partial charge in [0.05, 0.1) is 38.4 Å². The molecule has 0 spiro atoms. The number of carbonyl (C=O) groups is 1. The van der Waals surface area contributed by atoms with E-state index in [0.717, 1.165) is 22.2 Å². The van der Waals surface area contributed by atoms with Crippen LogP contribution in [0.5, 0.6) is 0 Å². The maximum atomic E-state index is 13.5. The summed E-state index contributed by atoms with van der Waals surface area (Å²) >= 11 is 0. The van der Waals surface area contributed by atoms with Crippen molar-refractivity contribution in [1.82, 2.24) is 10.3 Å². The number of aryl methyl sites for hydroxylation is 1. The number of benzene rings is 1. The van der Waals surface area contributed by atoms with E-state index in [-0.39, 0.29) is 43.5 Å². The van der Waals surface area contributed by atoms with Crippen LogP contribution < -0.4 is 5.32 Å². The Kier molecular flexibility index (Phi) is 5.67. The van der Waals surface area contributed by atoms with Gasteiger partial charge in [-0.15, -0.1) is 0 Å². The Hall–Kier alpha value is -1.96. The summed E-state index contributed by atoms with van der Waals surface area (Å²) in [6.07, 6.45) is 0.646. The summed E-state index contributed by atoms with van der Waals surface area (Å²) in [6.45, 7) is 3.00. The van der Waals surface area contributed by atoms with Crippen molar-refractivity contribution in [2.45, 2.75) is 31.9 Å². The molecule has 0 aliphatic carbocycles. The molecule has 2 aromatic rings. The van der Waals surface area contributed by atoms with E-state index in [0.29, 0.717) is 19.6 Å². The van der Waals surface area contributed by atoms with Crippen LogP contribution in [0.1, 0.15) is 17.7 Å². The van der Waals surface area contributed by atoms with Crippen LogP contribution in [0.15, 0.2) is 18.2 Å². The average Bonchev–Trinajstić information content (AvgIpc) is 2.89. The lowest BCUT2D eigenvalue weighted by Gasteiger charge is -2.32. The number of aliphatic hydroxyl groups is 1. The van der Waals surface area contributed by atoms with Crippen molar-refractivity contribution in [3.8, 4) is 0 Å². The number of aliphatic hydroxyl groups excluding tert-OH is 1. The van der Waals surface area contributed by atoms with E-state index in [1.165, 1.54) is 12.1 Å². The van der Waals surface area contributed by atoms with Crippen LogP contribution >= 0.6 is 0 Å². The molecule has 0 saturated carbocycles. The Morgan fingerprint density at radius 3 is 3.16 bits per heavy atom. The largest absolute Gasteiger partial charge is 0.394 e.